The summed E-state index contributed by atoms with van der Waals surface area (Å²) in [7, 11) is 0. The number of unbranched alkanes of at least 4 members (excludes halogenated alkanes) is 1. The van der Waals surface area contributed by atoms with E-state index in [9.17, 15) is 4.79 Å². The number of hydrogen-bond acceptors (Lipinski definition) is 2. The van der Waals surface area contributed by atoms with Gasteiger partial charge in [0.2, 0.25) is 5.91 Å². The van der Waals surface area contributed by atoms with E-state index in [4.69, 9.17) is 16.7 Å². The van der Waals surface area contributed by atoms with Crippen LogP contribution in [-0.2, 0) is 11.3 Å². The van der Waals surface area contributed by atoms with Gasteiger partial charge < -0.3 is 10.0 Å². The van der Waals surface area contributed by atoms with Crippen molar-refractivity contribution in [2.75, 3.05) is 6.61 Å². The van der Waals surface area contributed by atoms with Gasteiger partial charge in [-0.1, -0.05) is 23.7 Å². The minimum Gasteiger partial charge on any atom is -0.396 e. The van der Waals surface area contributed by atoms with E-state index in [0.29, 0.717) is 25.4 Å². The van der Waals surface area contributed by atoms with Gasteiger partial charge >= 0.3 is 0 Å². The third-order valence-electron chi connectivity index (χ3n) is 3.37. The Morgan fingerprint density at radius 2 is 1.95 bits per heavy atom. The Morgan fingerprint density at radius 1 is 1.26 bits per heavy atom. The van der Waals surface area contributed by atoms with Crippen molar-refractivity contribution in [1.29, 1.82) is 0 Å². The van der Waals surface area contributed by atoms with Crippen molar-refractivity contribution in [3.8, 4) is 0 Å². The predicted octanol–water partition coefficient (Wildman–Crippen LogP) is 2.99. The first-order valence-corrected chi connectivity index (χ1v) is 7.23. The second-order valence-electron chi connectivity index (χ2n) is 5.06. The number of carbonyl (C=O) groups excluding carboxylic acids is 1. The van der Waals surface area contributed by atoms with Gasteiger partial charge in [-0.25, -0.2) is 0 Å². The molecule has 1 amide bonds. The Morgan fingerprint density at radius 3 is 2.53 bits per heavy atom. The molecule has 0 atom stereocenters. The van der Waals surface area contributed by atoms with Crippen molar-refractivity contribution in [2.24, 2.45) is 0 Å². The number of hydrogen-bond donors (Lipinski definition) is 1. The summed E-state index contributed by atoms with van der Waals surface area (Å²) in [6.07, 6.45) is 4.22. The molecule has 1 N–H and O–H groups in total. The van der Waals surface area contributed by atoms with E-state index in [2.05, 4.69) is 0 Å². The molecule has 19 heavy (non-hydrogen) atoms. The lowest BCUT2D eigenvalue weighted by Crippen LogP contribution is -2.32. The molecule has 0 aliphatic heterocycles. The number of nitrogens with zero attached hydrogens (tertiary/aromatic N) is 1. The summed E-state index contributed by atoms with van der Waals surface area (Å²) >= 11 is 5.87. The smallest absolute Gasteiger partial charge is 0.223 e. The van der Waals surface area contributed by atoms with Crippen LogP contribution in [0.2, 0.25) is 5.02 Å². The molecule has 0 saturated heterocycles. The topological polar surface area (TPSA) is 40.5 Å². The minimum absolute atomic E-state index is 0.161. The van der Waals surface area contributed by atoms with Crippen molar-refractivity contribution in [3.63, 3.8) is 0 Å². The standard InChI is InChI=1S/C15H20ClNO2/c16-13-6-4-12(5-7-13)11-17(14-8-9-14)15(19)3-1-2-10-18/h4-7,14,18H,1-3,8-11H2. The van der Waals surface area contributed by atoms with E-state index in [0.717, 1.165) is 29.8 Å². The van der Waals surface area contributed by atoms with Gasteiger partial charge in [0.1, 0.15) is 0 Å². The molecule has 0 radical (unpaired) electrons. The van der Waals surface area contributed by atoms with Gasteiger partial charge in [0.05, 0.1) is 0 Å². The van der Waals surface area contributed by atoms with E-state index in [1.54, 1.807) is 0 Å². The third-order valence-corrected chi connectivity index (χ3v) is 3.62. The second-order valence-corrected chi connectivity index (χ2v) is 5.50. The van der Waals surface area contributed by atoms with Crippen LogP contribution in [-0.4, -0.2) is 28.6 Å². The average molecular weight is 282 g/mol. The molecule has 3 nitrogen and oxygen atoms in total. The molecule has 1 fully saturated rings. The van der Waals surface area contributed by atoms with Gasteiger partial charge in [-0.05, 0) is 43.4 Å². The monoisotopic (exact) mass is 281 g/mol. The van der Waals surface area contributed by atoms with Gasteiger partial charge in [0.25, 0.3) is 0 Å². The van der Waals surface area contributed by atoms with Crippen LogP contribution in [0.3, 0.4) is 0 Å². The Kier molecular flexibility index (Phi) is 5.23. The molecular formula is C15H20ClNO2. The van der Waals surface area contributed by atoms with E-state index in [-0.39, 0.29) is 12.5 Å². The fourth-order valence-electron chi connectivity index (χ4n) is 2.13. The molecule has 0 bridgehead atoms. The van der Waals surface area contributed by atoms with Gasteiger partial charge in [0, 0.05) is 30.6 Å². The van der Waals surface area contributed by atoms with Crippen LogP contribution in [0.1, 0.15) is 37.7 Å². The Bertz CT molecular complexity index is 415. The molecule has 2 rings (SSSR count). The van der Waals surface area contributed by atoms with Crippen LogP contribution in [0.4, 0.5) is 0 Å². The zero-order valence-corrected chi connectivity index (χ0v) is 11.8. The highest BCUT2D eigenvalue weighted by atomic mass is 35.5. The molecule has 0 unspecified atom stereocenters. The number of rotatable bonds is 7. The summed E-state index contributed by atoms with van der Waals surface area (Å²) in [6.45, 7) is 0.827. The maximum atomic E-state index is 12.2. The van der Waals surface area contributed by atoms with Crippen molar-refractivity contribution in [2.45, 2.75) is 44.7 Å². The summed E-state index contributed by atoms with van der Waals surface area (Å²) in [5.41, 5.74) is 1.12. The van der Waals surface area contributed by atoms with Crippen LogP contribution in [0.15, 0.2) is 24.3 Å². The number of aliphatic hydroxyl groups excluding tert-OH is 1. The first-order valence-electron chi connectivity index (χ1n) is 6.85. The van der Waals surface area contributed by atoms with E-state index >= 15 is 0 Å². The molecular weight excluding hydrogens is 262 g/mol. The number of carbonyl (C=O) groups is 1. The molecule has 0 spiro atoms. The van der Waals surface area contributed by atoms with Crippen LogP contribution < -0.4 is 0 Å². The number of amides is 1. The van der Waals surface area contributed by atoms with Crippen molar-refractivity contribution in [1.82, 2.24) is 4.90 Å². The molecule has 104 valence electrons. The first kappa shape index (κ1) is 14.4. The number of aliphatic hydroxyl groups is 1. The summed E-state index contributed by atoms with van der Waals surface area (Å²) < 4.78 is 0. The third kappa shape index (κ3) is 4.51. The van der Waals surface area contributed by atoms with Crippen molar-refractivity contribution < 1.29 is 9.90 Å². The fraction of sp³-hybridized carbons (Fsp3) is 0.533. The SMILES string of the molecule is O=C(CCCCO)N(Cc1ccc(Cl)cc1)C1CC1. The van der Waals surface area contributed by atoms with E-state index in [1.165, 1.54) is 0 Å². The summed E-state index contributed by atoms with van der Waals surface area (Å²) in [5, 5.41) is 9.48. The van der Waals surface area contributed by atoms with Gasteiger partial charge in [-0.15, -0.1) is 0 Å². The van der Waals surface area contributed by atoms with Crippen molar-refractivity contribution >= 4 is 17.5 Å². The molecule has 1 aromatic rings. The highest BCUT2D eigenvalue weighted by Gasteiger charge is 2.31. The minimum atomic E-state index is 0.161. The van der Waals surface area contributed by atoms with E-state index in [1.807, 2.05) is 29.2 Å². The Hall–Kier alpha value is -1.06. The van der Waals surface area contributed by atoms with Crippen LogP contribution in [0.25, 0.3) is 0 Å². The lowest BCUT2D eigenvalue weighted by molar-refractivity contribution is -0.132. The quantitative estimate of drug-likeness (QED) is 0.781. The van der Waals surface area contributed by atoms with Gasteiger partial charge in [-0.3, -0.25) is 4.79 Å². The maximum Gasteiger partial charge on any atom is 0.223 e. The zero-order chi connectivity index (χ0) is 13.7. The van der Waals surface area contributed by atoms with Crippen LogP contribution in [0, 0.1) is 0 Å². The average Bonchev–Trinajstić information content (AvgIpc) is 3.22. The van der Waals surface area contributed by atoms with Crippen molar-refractivity contribution in [3.05, 3.63) is 34.9 Å². The molecule has 1 aliphatic carbocycles. The molecule has 1 aromatic carbocycles. The lowest BCUT2D eigenvalue weighted by atomic mass is 10.2. The van der Waals surface area contributed by atoms with Gasteiger partial charge in [0.15, 0.2) is 0 Å². The Labute approximate surface area is 119 Å². The maximum absolute atomic E-state index is 12.2. The van der Waals surface area contributed by atoms with Crippen LogP contribution in [0.5, 0.6) is 0 Å². The first-order chi connectivity index (χ1) is 9.20. The summed E-state index contributed by atoms with van der Waals surface area (Å²) in [4.78, 5) is 14.2. The number of benzene rings is 1. The molecule has 0 heterocycles. The second kappa shape index (κ2) is 6.92. The predicted molar refractivity (Wildman–Crippen MR) is 76.0 cm³/mol. The van der Waals surface area contributed by atoms with Gasteiger partial charge in [-0.2, -0.15) is 0 Å². The van der Waals surface area contributed by atoms with Crippen LogP contribution >= 0.6 is 11.6 Å². The lowest BCUT2D eigenvalue weighted by Gasteiger charge is -2.22. The molecule has 1 aliphatic rings. The summed E-state index contributed by atoms with van der Waals surface area (Å²) in [5.74, 6) is 0.200. The molecule has 4 heteroatoms. The Balaban J connectivity index is 1.92. The highest BCUT2D eigenvalue weighted by molar-refractivity contribution is 6.30. The molecule has 0 aromatic heterocycles. The zero-order valence-electron chi connectivity index (χ0n) is 11.0. The number of halogens is 1. The van der Waals surface area contributed by atoms with E-state index < -0.39 is 0 Å². The normalized spacial score (nSPS) is 14.4. The fourth-order valence-corrected chi connectivity index (χ4v) is 2.25. The summed E-state index contributed by atoms with van der Waals surface area (Å²) in [6, 6.07) is 8.07. The highest BCUT2D eigenvalue weighted by Crippen LogP contribution is 2.29. The largest absolute Gasteiger partial charge is 0.396 e. The molecule has 1 saturated carbocycles.